The number of hydrogen-bond acceptors (Lipinski definition) is 1. The van der Waals surface area contributed by atoms with Crippen molar-refractivity contribution in [1.29, 1.82) is 0 Å². The molecule has 0 aromatic heterocycles. The van der Waals surface area contributed by atoms with Crippen molar-refractivity contribution in [2.24, 2.45) is 5.92 Å². The van der Waals surface area contributed by atoms with Gasteiger partial charge in [-0.3, -0.25) is 4.79 Å². The van der Waals surface area contributed by atoms with Crippen LogP contribution in [0.1, 0.15) is 104 Å². The van der Waals surface area contributed by atoms with Crippen molar-refractivity contribution < 1.29 is 4.79 Å². The second-order valence-electron chi connectivity index (χ2n) is 6.20. The molecule has 0 saturated heterocycles. The van der Waals surface area contributed by atoms with Crippen molar-refractivity contribution in [3.05, 3.63) is 0 Å². The lowest BCUT2D eigenvalue weighted by Crippen LogP contribution is -1.99. The fourth-order valence-electron chi connectivity index (χ4n) is 2.64. The molecule has 1 unspecified atom stereocenters. The van der Waals surface area contributed by atoms with Crippen LogP contribution in [-0.2, 0) is 4.79 Å². The molecule has 0 N–H and O–H groups in total. The molecule has 1 heteroatoms. The molecule has 0 fully saturated rings. The molecule has 114 valence electrons. The van der Waals surface area contributed by atoms with Crippen molar-refractivity contribution in [3.63, 3.8) is 0 Å². The monoisotopic (exact) mass is 268 g/mol. The summed E-state index contributed by atoms with van der Waals surface area (Å²) in [7, 11) is 0. The third kappa shape index (κ3) is 13.9. The van der Waals surface area contributed by atoms with Crippen molar-refractivity contribution in [2.75, 3.05) is 0 Å². The van der Waals surface area contributed by atoms with Crippen molar-refractivity contribution in [3.8, 4) is 0 Å². The molecular formula is C18H36O. The zero-order valence-electron chi connectivity index (χ0n) is 13.7. The zero-order chi connectivity index (χ0) is 14.3. The summed E-state index contributed by atoms with van der Waals surface area (Å²) in [5.41, 5.74) is 0. The Bertz CT molecular complexity index is 198. The Morgan fingerprint density at radius 3 is 1.95 bits per heavy atom. The van der Waals surface area contributed by atoms with Gasteiger partial charge in [0.25, 0.3) is 0 Å². The van der Waals surface area contributed by atoms with Gasteiger partial charge in [-0.2, -0.15) is 0 Å². The topological polar surface area (TPSA) is 17.1 Å². The molecule has 0 radical (unpaired) electrons. The van der Waals surface area contributed by atoms with E-state index in [-0.39, 0.29) is 0 Å². The first-order chi connectivity index (χ1) is 9.20. The molecule has 0 saturated carbocycles. The Labute approximate surface area is 121 Å². The van der Waals surface area contributed by atoms with Gasteiger partial charge in [-0.15, -0.1) is 0 Å². The minimum absolute atomic E-state index is 0.464. The van der Waals surface area contributed by atoms with Crippen LogP contribution in [0.15, 0.2) is 0 Å². The van der Waals surface area contributed by atoms with E-state index in [0.717, 1.165) is 31.6 Å². The smallest absolute Gasteiger partial charge is 0.132 e. The summed E-state index contributed by atoms with van der Waals surface area (Å²) in [6, 6.07) is 0. The van der Waals surface area contributed by atoms with Gasteiger partial charge in [0, 0.05) is 12.8 Å². The number of Topliss-reactive ketones (excluding diaryl/α,β-unsaturated/α-hetero) is 1. The molecule has 0 aliphatic carbocycles. The minimum atomic E-state index is 0.464. The number of unbranched alkanes of at least 4 members (excludes halogenated alkanes) is 6. The lowest BCUT2D eigenvalue weighted by atomic mass is 9.96. The van der Waals surface area contributed by atoms with E-state index in [0.29, 0.717) is 5.78 Å². The quantitative estimate of drug-likeness (QED) is 0.338. The van der Waals surface area contributed by atoms with Crippen LogP contribution in [-0.4, -0.2) is 5.78 Å². The Morgan fingerprint density at radius 2 is 1.32 bits per heavy atom. The molecule has 0 spiro atoms. The normalized spacial score (nSPS) is 12.6. The van der Waals surface area contributed by atoms with E-state index in [1.54, 1.807) is 0 Å². The van der Waals surface area contributed by atoms with Gasteiger partial charge in [0.15, 0.2) is 0 Å². The third-order valence-electron chi connectivity index (χ3n) is 3.98. The summed E-state index contributed by atoms with van der Waals surface area (Å²) in [6.07, 6.45) is 16.1. The summed E-state index contributed by atoms with van der Waals surface area (Å²) < 4.78 is 0. The lowest BCUT2D eigenvalue weighted by molar-refractivity contribution is -0.119. The Balaban J connectivity index is 3.25. The van der Waals surface area contributed by atoms with Gasteiger partial charge in [0.05, 0.1) is 0 Å². The van der Waals surface area contributed by atoms with Crippen molar-refractivity contribution in [2.45, 2.75) is 104 Å². The molecule has 0 bridgehead atoms. The molecule has 1 atom stereocenters. The second kappa shape index (κ2) is 14.1. The van der Waals surface area contributed by atoms with Crippen LogP contribution in [0.2, 0.25) is 0 Å². The van der Waals surface area contributed by atoms with Gasteiger partial charge in [-0.25, -0.2) is 0 Å². The Hall–Kier alpha value is -0.330. The molecule has 0 aromatic rings. The molecule has 0 aliphatic rings. The first kappa shape index (κ1) is 18.7. The van der Waals surface area contributed by atoms with E-state index in [1.807, 2.05) is 0 Å². The van der Waals surface area contributed by atoms with Crippen LogP contribution in [0.5, 0.6) is 0 Å². The fourth-order valence-corrected chi connectivity index (χ4v) is 2.64. The predicted octanol–water partition coefficient (Wildman–Crippen LogP) is 6.30. The second-order valence-corrected chi connectivity index (χ2v) is 6.20. The number of rotatable bonds is 14. The first-order valence-electron chi connectivity index (χ1n) is 8.72. The SMILES string of the molecule is CCCCCCCCC(C)CCCCC(=O)CCC. The van der Waals surface area contributed by atoms with E-state index in [2.05, 4.69) is 20.8 Å². The van der Waals surface area contributed by atoms with Gasteiger partial charge in [-0.1, -0.05) is 78.6 Å². The highest BCUT2D eigenvalue weighted by Crippen LogP contribution is 2.17. The highest BCUT2D eigenvalue weighted by atomic mass is 16.1. The predicted molar refractivity (Wildman–Crippen MR) is 85.5 cm³/mol. The van der Waals surface area contributed by atoms with Crippen LogP contribution in [0.3, 0.4) is 0 Å². The van der Waals surface area contributed by atoms with Gasteiger partial charge < -0.3 is 0 Å². The lowest BCUT2D eigenvalue weighted by Gasteiger charge is -2.10. The standard InChI is InChI=1S/C18H36O/c1-4-6-7-8-9-10-14-17(3)15-11-12-16-18(19)13-5-2/h17H,4-16H2,1-3H3. The van der Waals surface area contributed by atoms with Gasteiger partial charge in [-0.05, 0) is 18.8 Å². The molecule has 0 amide bonds. The van der Waals surface area contributed by atoms with Crippen LogP contribution in [0.4, 0.5) is 0 Å². The van der Waals surface area contributed by atoms with Crippen LogP contribution in [0, 0.1) is 5.92 Å². The minimum Gasteiger partial charge on any atom is -0.300 e. The Morgan fingerprint density at radius 1 is 0.737 bits per heavy atom. The maximum atomic E-state index is 11.4. The molecule has 0 heterocycles. The molecule has 0 rings (SSSR count). The van der Waals surface area contributed by atoms with Gasteiger partial charge in [0.1, 0.15) is 5.78 Å². The molecule has 19 heavy (non-hydrogen) atoms. The number of carbonyl (C=O) groups is 1. The molecule has 1 nitrogen and oxygen atoms in total. The molecule has 0 aliphatic heterocycles. The highest BCUT2D eigenvalue weighted by molar-refractivity contribution is 5.78. The van der Waals surface area contributed by atoms with E-state index in [4.69, 9.17) is 0 Å². The maximum Gasteiger partial charge on any atom is 0.132 e. The summed E-state index contributed by atoms with van der Waals surface area (Å²) >= 11 is 0. The van der Waals surface area contributed by atoms with E-state index < -0.39 is 0 Å². The molecular weight excluding hydrogens is 232 g/mol. The summed E-state index contributed by atoms with van der Waals surface area (Å²) in [4.78, 5) is 11.4. The number of hydrogen-bond donors (Lipinski definition) is 0. The first-order valence-corrected chi connectivity index (χ1v) is 8.72. The molecule has 0 aromatic carbocycles. The summed E-state index contributed by atoms with van der Waals surface area (Å²) in [6.45, 7) is 6.73. The van der Waals surface area contributed by atoms with E-state index >= 15 is 0 Å². The van der Waals surface area contributed by atoms with Crippen LogP contribution < -0.4 is 0 Å². The van der Waals surface area contributed by atoms with E-state index in [1.165, 1.54) is 57.8 Å². The average Bonchev–Trinajstić information content (AvgIpc) is 2.39. The van der Waals surface area contributed by atoms with Crippen molar-refractivity contribution in [1.82, 2.24) is 0 Å². The van der Waals surface area contributed by atoms with Crippen LogP contribution >= 0.6 is 0 Å². The van der Waals surface area contributed by atoms with Crippen molar-refractivity contribution >= 4 is 5.78 Å². The van der Waals surface area contributed by atoms with E-state index in [9.17, 15) is 4.79 Å². The fraction of sp³-hybridized carbons (Fsp3) is 0.944. The zero-order valence-corrected chi connectivity index (χ0v) is 13.7. The summed E-state index contributed by atoms with van der Waals surface area (Å²) in [5.74, 6) is 1.32. The largest absolute Gasteiger partial charge is 0.300 e. The Kier molecular flexibility index (Phi) is 13.8. The third-order valence-corrected chi connectivity index (χ3v) is 3.98. The van der Waals surface area contributed by atoms with Gasteiger partial charge >= 0.3 is 0 Å². The summed E-state index contributed by atoms with van der Waals surface area (Å²) in [5, 5.41) is 0. The highest BCUT2D eigenvalue weighted by Gasteiger charge is 2.04. The number of carbonyl (C=O) groups excluding carboxylic acids is 1. The van der Waals surface area contributed by atoms with Gasteiger partial charge in [0.2, 0.25) is 0 Å². The number of ketones is 1. The maximum absolute atomic E-state index is 11.4. The average molecular weight is 268 g/mol. The van der Waals surface area contributed by atoms with Crippen LogP contribution in [0.25, 0.3) is 0 Å².